The molecule has 0 amide bonds. The summed E-state index contributed by atoms with van der Waals surface area (Å²) in [7, 11) is 0. The van der Waals surface area contributed by atoms with E-state index in [1.54, 1.807) is 6.07 Å². The molecule has 2 aromatic carbocycles. The zero-order valence-electron chi connectivity index (χ0n) is 17.0. The third kappa shape index (κ3) is 2.97. The molecule has 7 heteroatoms. The van der Waals surface area contributed by atoms with Crippen molar-refractivity contribution in [3.05, 3.63) is 44.9 Å². The number of hydrogen-bond donors (Lipinski definition) is 0. The average molecular weight is 485 g/mol. The largest absolute Gasteiger partial charge is 0.486 e. The summed E-state index contributed by atoms with van der Waals surface area (Å²) < 4.78 is 24.3. The van der Waals surface area contributed by atoms with Gasteiger partial charge < -0.3 is 18.9 Å². The van der Waals surface area contributed by atoms with Gasteiger partial charge in [0.05, 0.1) is 4.47 Å². The SMILES string of the molecule is CC1Cc2c(cc3c(c2Br)OC(CC2Cc4cc5c(cc4C2=O)OCCO5)CO3)C1=O. The monoisotopic (exact) mass is 484 g/mol. The number of fused-ring (bicyclic) bond motifs is 4. The van der Waals surface area contributed by atoms with E-state index < -0.39 is 0 Å². The van der Waals surface area contributed by atoms with E-state index in [0.29, 0.717) is 62.1 Å². The van der Waals surface area contributed by atoms with Gasteiger partial charge >= 0.3 is 0 Å². The van der Waals surface area contributed by atoms with Crippen LogP contribution in [0.15, 0.2) is 22.7 Å². The minimum absolute atomic E-state index is 0.0284. The second-order valence-corrected chi connectivity index (χ2v) is 9.51. The van der Waals surface area contributed by atoms with Gasteiger partial charge in [0, 0.05) is 23.0 Å². The molecule has 0 saturated heterocycles. The third-order valence-corrected chi connectivity index (χ3v) is 7.48. The second-order valence-electron chi connectivity index (χ2n) is 8.72. The molecule has 2 aromatic rings. The second kappa shape index (κ2) is 6.99. The fourth-order valence-electron chi connectivity index (χ4n) is 5.06. The van der Waals surface area contributed by atoms with Crippen LogP contribution in [0.25, 0.3) is 0 Å². The van der Waals surface area contributed by atoms with E-state index >= 15 is 0 Å². The molecule has 6 rings (SSSR count). The molecule has 0 aromatic heterocycles. The van der Waals surface area contributed by atoms with Gasteiger partial charge in [-0.05, 0) is 64.5 Å². The van der Waals surface area contributed by atoms with Crippen molar-refractivity contribution in [1.29, 1.82) is 0 Å². The van der Waals surface area contributed by atoms with E-state index in [4.69, 9.17) is 18.9 Å². The Balaban J connectivity index is 1.22. The van der Waals surface area contributed by atoms with Crippen LogP contribution < -0.4 is 18.9 Å². The highest BCUT2D eigenvalue weighted by Gasteiger charge is 2.38. The Morgan fingerprint density at radius 1 is 0.935 bits per heavy atom. The fourth-order valence-corrected chi connectivity index (χ4v) is 5.73. The molecule has 0 saturated carbocycles. The van der Waals surface area contributed by atoms with Crippen molar-refractivity contribution >= 4 is 27.5 Å². The zero-order valence-corrected chi connectivity index (χ0v) is 18.6. The highest BCUT2D eigenvalue weighted by atomic mass is 79.9. The van der Waals surface area contributed by atoms with Crippen molar-refractivity contribution in [2.45, 2.75) is 32.3 Å². The molecule has 3 unspecified atom stereocenters. The van der Waals surface area contributed by atoms with Crippen molar-refractivity contribution in [3.63, 3.8) is 0 Å². The van der Waals surface area contributed by atoms with Gasteiger partial charge in [0.1, 0.15) is 25.9 Å². The lowest BCUT2D eigenvalue weighted by Gasteiger charge is -2.29. The van der Waals surface area contributed by atoms with Crippen LogP contribution in [0.5, 0.6) is 23.0 Å². The summed E-state index contributed by atoms with van der Waals surface area (Å²) in [5.41, 5.74) is 3.42. The minimum Gasteiger partial charge on any atom is -0.486 e. The van der Waals surface area contributed by atoms with E-state index in [2.05, 4.69) is 15.9 Å². The van der Waals surface area contributed by atoms with Crippen LogP contribution in [0.4, 0.5) is 0 Å². The Bertz CT molecular complexity index is 1140. The molecular weight excluding hydrogens is 464 g/mol. The molecule has 0 fully saturated rings. The van der Waals surface area contributed by atoms with Gasteiger partial charge in [0.15, 0.2) is 34.6 Å². The maximum absolute atomic E-state index is 13.1. The van der Waals surface area contributed by atoms with Crippen LogP contribution in [0.1, 0.15) is 45.2 Å². The third-order valence-electron chi connectivity index (χ3n) is 6.64. The lowest BCUT2D eigenvalue weighted by Crippen LogP contribution is -2.33. The topological polar surface area (TPSA) is 71.1 Å². The number of ether oxygens (including phenoxy) is 4. The van der Waals surface area contributed by atoms with Crippen molar-refractivity contribution < 1.29 is 28.5 Å². The van der Waals surface area contributed by atoms with E-state index in [-0.39, 0.29) is 29.5 Å². The molecule has 31 heavy (non-hydrogen) atoms. The molecule has 160 valence electrons. The van der Waals surface area contributed by atoms with Crippen molar-refractivity contribution in [2.75, 3.05) is 19.8 Å². The molecule has 2 heterocycles. The number of hydrogen-bond acceptors (Lipinski definition) is 6. The first-order chi connectivity index (χ1) is 15.0. The molecule has 0 N–H and O–H groups in total. The van der Waals surface area contributed by atoms with Crippen molar-refractivity contribution in [2.24, 2.45) is 11.8 Å². The van der Waals surface area contributed by atoms with Gasteiger partial charge in [-0.3, -0.25) is 9.59 Å². The molecule has 4 aliphatic rings. The summed E-state index contributed by atoms with van der Waals surface area (Å²) in [6.07, 6.45) is 1.69. The summed E-state index contributed by atoms with van der Waals surface area (Å²) >= 11 is 3.63. The smallest absolute Gasteiger partial charge is 0.176 e. The number of halogens is 1. The molecule has 0 radical (unpaired) electrons. The zero-order chi connectivity index (χ0) is 21.3. The first kappa shape index (κ1) is 19.2. The van der Waals surface area contributed by atoms with Gasteiger partial charge in [-0.1, -0.05) is 6.92 Å². The predicted octanol–water partition coefficient (Wildman–Crippen LogP) is 4.18. The lowest BCUT2D eigenvalue weighted by molar-refractivity contribution is 0.0644. The van der Waals surface area contributed by atoms with Crippen LogP contribution in [0, 0.1) is 11.8 Å². The maximum atomic E-state index is 13.1. The number of benzene rings is 2. The lowest BCUT2D eigenvalue weighted by atomic mass is 9.97. The van der Waals surface area contributed by atoms with Crippen LogP contribution in [0.3, 0.4) is 0 Å². The maximum Gasteiger partial charge on any atom is 0.176 e. The van der Waals surface area contributed by atoms with E-state index in [1.807, 2.05) is 19.1 Å². The fraction of sp³-hybridized carbons (Fsp3) is 0.417. The Hall–Kier alpha value is -2.54. The summed E-state index contributed by atoms with van der Waals surface area (Å²) in [6, 6.07) is 5.56. The highest BCUT2D eigenvalue weighted by Crippen LogP contribution is 2.47. The van der Waals surface area contributed by atoms with E-state index in [0.717, 1.165) is 26.7 Å². The number of ketones is 2. The van der Waals surface area contributed by atoms with E-state index in [9.17, 15) is 9.59 Å². The Labute approximate surface area is 187 Å². The number of Topliss-reactive ketones (excluding diaryl/α,β-unsaturated/α-hetero) is 2. The van der Waals surface area contributed by atoms with Crippen LogP contribution in [-0.4, -0.2) is 37.5 Å². The van der Waals surface area contributed by atoms with Gasteiger partial charge in [-0.2, -0.15) is 0 Å². The average Bonchev–Trinajstić information content (AvgIpc) is 3.23. The molecule has 3 atom stereocenters. The van der Waals surface area contributed by atoms with Gasteiger partial charge in [0.25, 0.3) is 0 Å². The predicted molar refractivity (Wildman–Crippen MR) is 115 cm³/mol. The molecular formula is C24H21BrO6. The normalized spacial score (nSPS) is 25.4. The number of carbonyl (C=O) groups excluding carboxylic acids is 2. The summed E-state index contributed by atoms with van der Waals surface area (Å²) in [6.45, 7) is 3.32. The van der Waals surface area contributed by atoms with Crippen LogP contribution >= 0.6 is 15.9 Å². The minimum atomic E-state index is -0.234. The number of carbonyl (C=O) groups is 2. The van der Waals surface area contributed by atoms with Crippen LogP contribution in [0.2, 0.25) is 0 Å². The Morgan fingerprint density at radius 3 is 2.48 bits per heavy atom. The number of rotatable bonds is 2. The molecule has 2 aliphatic heterocycles. The van der Waals surface area contributed by atoms with Gasteiger partial charge in [0.2, 0.25) is 0 Å². The first-order valence-electron chi connectivity index (χ1n) is 10.7. The highest BCUT2D eigenvalue weighted by molar-refractivity contribution is 9.10. The summed E-state index contributed by atoms with van der Waals surface area (Å²) in [5, 5.41) is 0. The first-order valence-corrected chi connectivity index (χ1v) is 11.4. The van der Waals surface area contributed by atoms with E-state index in [1.165, 1.54) is 0 Å². The summed E-state index contributed by atoms with van der Waals surface area (Å²) in [5.74, 6) is 2.66. The Kier molecular flexibility index (Phi) is 4.32. The molecule has 0 spiro atoms. The summed E-state index contributed by atoms with van der Waals surface area (Å²) in [4.78, 5) is 25.5. The van der Waals surface area contributed by atoms with Crippen molar-refractivity contribution in [1.82, 2.24) is 0 Å². The van der Waals surface area contributed by atoms with Gasteiger partial charge in [-0.25, -0.2) is 0 Å². The Morgan fingerprint density at radius 2 is 1.68 bits per heavy atom. The van der Waals surface area contributed by atoms with Gasteiger partial charge in [-0.15, -0.1) is 0 Å². The quantitative estimate of drug-likeness (QED) is 0.636. The molecule has 6 nitrogen and oxygen atoms in total. The van der Waals surface area contributed by atoms with Crippen LogP contribution in [-0.2, 0) is 12.8 Å². The molecule has 2 aliphatic carbocycles. The standard InChI is InChI=1S/C24H21BrO6/c1-11-4-16-17(22(11)26)9-20-24(21(16)25)31-14(10-30-20)6-13-5-12-7-18-19(29-3-2-28-18)8-15(12)23(13)27/h7-9,11,13-14H,2-6,10H2,1H3. The molecule has 0 bridgehead atoms. The van der Waals surface area contributed by atoms with Crippen molar-refractivity contribution in [3.8, 4) is 23.0 Å².